The van der Waals surface area contributed by atoms with Gasteiger partial charge in [0.05, 0.1) is 17.6 Å². The lowest BCUT2D eigenvalue weighted by Crippen LogP contribution is -2.35. The van der Waals surface area contributed by atoms with Gasteiger partial charge in [0.1, 0.15) is 0 Å². The molecular weight excluding hydrogens is 176 g/mol. The minimum Gasteiger partial charge on any atom is -0.377 e. The highest BCUT2D eigenvalue weighted by molar-refractivity contribution is 4.91. The highest BCUT2D eigenvalue weighted by atomic mass is 16.5. The summed E-state index contributed by atoms with van der Waals surface area (Å²) in [7, 11) is 0. The van der Waals surface area contributed by atoms with Crippen LogP contribution in [0, 0.1) is 16.7 Å². The number of nitriles is 1. The monoisotopic (exact) mass is 196 g/mol. The van der Waals surface area contributed by atoms with Crippen LogP contribution < -0.4 is 5.32 Å². The fourth-order valence-electron chi connectivity index (χ4n) is 1.50. The Bertz CT molecular complexity index is 202. The molecule has 0 aromatic carbocycles. The average Bonchev–Trinajstić information content (AvgIpc) is 2.19. The molecule has 0 unspecified atom stereocenters. The molecule has 1 rings (SSSR count). The highest BCUT2D eigenvalue weighted by Crippen LogP contribution is 2.19. The molecule has 1 saturated heterocycles. The Morgan fingerprint density at radius 2 is 2.36 bits per heavy atom. The van der Waals surface area contributed by atoms with Gasteiger partial charge in [-0.2, -0.15) is 5.26 Å². The van der Waals surface area contributed by atoms with Crippen LogP contribution in [0.4, 0.5) is 0 Å². The zero-order valence-corrected chi connectivity index (χ0v) is 9.18. The first-order valence-electron chi connectivity index (χ1n) is 5.38. The van der Waals surface area contributed by atoms with E-state index in [9.17, 15) is 0 Å². The van der Waals surface area contributed by atoms with Gasteiger partial charge in [0.2, 0.25) is 0 Å². The van der Waals surface area contributed by atoms with Crippen LogP contribution in [0.2, 0.25) is 0 Å². The Balaban J connectivity index is 2.12. The van der Waals surface area contributed by atoms with Gasteiger partial charge in [-0.25, -0.2) is 0 Å². The molecule has 0 amide bonds. The van der Waals surface area contributed by atoms with Gasteiger partial charge in [-0.3, -0.25) is 0 Å². The van der Waals surface area contributed by atoms with Gasteiger partial charge in [-0.15, -0.1) is 0 Å². The fraction of sp³-hybridized carbons (Fsp3) is 0.909. The number of ether oxygens (including phenoxy) is 1. The van der Waals surface area contributed by atoms with Crippen LogP contribution in [0.1, 0.15) is 33.1 Å². The van der Waals surface area contributed by atoms with Crippen molar-refractivity contribution < 1.29 is 4.74 Å². The Morgan fingerprint density at radius 1 is 1.57 bits per heavy atom. The van der Waals surface area contributed by atoms with Crippen molar-refractivity contribution in [3.8, 4) is 6.07 Å². The van der Waals surface area contributed by atoms with Crippen LogP contribution >= 0.6 is 0 Å². The maximum atomic E-state index is 8.81. The summed E-state index contributed by atoms with van der Waals surface area (Å²) in [5, 5.41) is 12.1. The predicted octanol–water partition coefficient (Wildman–Crippen LogP) is 1.69. The number of hydrogen-bond acceptors (Lipinski definition) is 3. The third-order valence-electron chi connectivity index (χ3n) is 2.63. The quantitative estimate of drug-likeness (QED) is 0.744. The number of piperidine rings is 1. The normalized spacial score (nSPS) is 23.1. The van der Waals surface area contributed by atoms with E-state index in [1.165, 1.54) is 6.42 Å². The molecule has 1 atom stereocenters. The molecule has 0 aliphatic carbocycles. The van der Waals surface area contributed by atoms with Crippen LogP contribution in [-0.2, 0) is 4.74 Å². The molecule has 0 aromatic rings. The summed E-state index contributed by atoms with van der Waals surface area (Å²) in [6, 6.07) is 2.28. The molecule has 3 nitrogen and oxygen atoms in total. The van der Waals surface area contributed by atoms with E-state index in [0.29, 0.717) is 12.7 Å². The van der Waals surface area contributed by atoms with Crippen molar-refractivity contribution in [1.29, 1.82) is 5.26 Å². The number of hydrogen-bond donors (Lipinski definition) is 1. The van der Waals surface area contributed by atoms with Crippen LogP contribution in [0.25, 0.3) is 0 Å². The first-order valence-corrected chi connectivity index (χ1v) is 5.38. The standard InChI is InChI=1S/C11H20N2O/c1-11(2,9-12)5-7-14-10-4-3-6-13-8-10/h10,13H,3-8H2,1-2H3/t10-/m0/s1. The van der Waals surface area contributed by atoms with E-state index in [1.807, 2.05) is 13.8 Å². The van der Waals surface area contributed by atoms with E-state index in [4.69, 9.17) is 10.00 Å². The molecule has 3 heteroatoms. The summed E-state index contributed by atoms with van der Waals surface area (Å²) in [4.78, 5) is 0. The SMILES string of the molecule is CC(C)(C#N)CCO[C@H]1CCCNC1. The third kappa shape index (κ3) is 4.08. The minimum absolute atomic E-state index is 0.248. The van der Waals surface area contributed by atoms with E-state index in [2.05, 4.69) is 11.4 Å². The Hall–Kier alpha value is -0.590. The highest BCUT2D eigenvalue weighted by Gasteiger charge is 2.18. The number of nitrogens with zero attached hydrogens (tertiary/aromatic N) is 1. The van der Waals surface area contributed by atoms with Gasteiger partial charge in [0.25, 0.3) is 0 Å². The molecule has 1 aliphatic rings. The molecule has 1 fully saturated rings. The Morgan fingerprint density at radius 3 is 2.93 bits per heavy atom. The summed E-state index contributed by atoms with van der Waals surface area (Å²) >= 11 is 0. The maximum Gasteiger partial charge on any atom is 0.0699 e. The second-order valence-corrected chi connectivity index (χ2v) is 4.58. The molecule has 80 valence electrons. The summed E-state index contributed by atoms with van der Waals surface area (Å²) in [5.74, 6) is 0. The van der Waals surface area contributed by atoms with Crippen molar-refractivity contribution in [1.82, 2.24) is 5.32 Å². The van der Waals surface area contributed by atoms with E-state index >= 15 is 0 Å². The first kappa shape index (κ1) is 11.5. The van der Waals surface area contributed by atoms with E-state index in [-0.39, 0.29) is 5.41 Å². The zero-order chi connectivity index (χ0) is 10.4. The van der Waals surface area contributed by atoms with E-state index in [1.54, 1.807) is 0 Å². The van der Waals surface area contributed by atoms with Crippen molar-refractivity contribution in [2.45, 2.75) is 39.2 Å². The maximum absolute atomic E-state index is 8.81. The second-order valence-electron chi connectivity index (χ2n) is 4.58. The minimum atomic E-state index is -0.248. The van der Waals surface area contributed by atoms with Crippen LogP contribution in [0.5, 0.6) is 0 Å². The summed E-state index contributed by atoms with van der Waals surface area (Å²) in [6.07, 6.45) is 3.53. The smallest absolute Gasteiger partial charge is 0.0699 e. The molecule has 1 heterocycles. The van der Waals surface area contributed by atoms with Gasteiger partial charge in [-0.1, -0.05) is 0 Å². The largest absolute Gasteiger partial charge is 0.377 e. The molecule has 14 heavy (non-hydrogen) atoms. The predicted molar refractivity (Wildman–Crippen MR) is 55.9 cm³/mol. The van der Waals surface area contributed by atoms with Gasteiger partial charge in [0, 0.05) is 13.2 Å². The topological polar surface area (TPSA) is 45.0 Å². The second kappa shape index (κ2) is 5.33. The van der Waals surface area contributed by atoms with Crippen molar-refractivity contribution in [3.63, 3.8) is 0 Å². The molecule has 0 spiro atoms. The molecule has 0 saturated carbocycles. The number of rotatable bonds is 4. The lowest BCUT2D eigenvalue weighted by molar-refractivity contribution is 0.0269. The zero-order valence-electron chi connectivity index (χ0n) is 9.18. The van der Waals surface area contributed by atoms with Gasteiger partial charge in [0.15, 0.2) is 0 Å². The molecule has 1 N–H and O–H groups in total. The van der Waals surface area contributed by atoms with Crippen molar-refractivity contribution >= 4 is 0 Å². The van der Waals surface area contributed by atoms with E-state index < -0.39 is 0 Å². The molecule has 1 aliphatic heterocycles. The van der Waals surface area contributed by atoms with Crippen molar-refractivity contribution in [2.24, 2.45) is 5.41 Å². The first-order chi connectivity index (χ1) is 6.64. The summed E-state index contributed by atoms with van der Waals surface area (Å²) < 4.78 is 5.71. The Labute approximate surface area is 86.4 Å². The lowest BCUT2D eigenvalue weighted by atomic mass is 9.92. The molecule has 0 radical (unpaired) electrons. The van der Waals surface area contributed by atoms with Gasteiger partial charge in [-0.05, 0) is 39.7 Å². The van der Waals surface area contributed by atoms with Crippen LogP contribution in [-0.4, -0.2) is 25.8 Å². The average molecular weight is 196 g/mol. The molecular formula is C11H20N2O. The van der Waals surface area contributed by atoms with Crippen LogP contribution in [0.15, 0.2) is 0 Å². The lowest BCUT2D eigenvalue weighted by Gasteiger charge is -2.24. The summed E-state index contributed by atoms with van der Waals surface area (Å²) in [5.41, 5.74) is -0.248. The number of nitrogens with one attached hydrogen (secondary N) is 1. The molecule has 0 bridgehead atoms. The van der Waals surface area contributed by atoms with E-state index in [0.717, 1.165) is 25.9 Å². The third-order valence-corrected chi connectivity index (χ3v) is 2.63. The van der Waals surface area contributed by atoms with Crippen LogP contribution in [0.3, 0.4) is 0 Å². The van der Waals surface area contributed by atoms with Crippen molar-refractivity contribution in [3.05, 3.63) is 0 Å². The Kier molecular flexibility index (Phi) is 4.37. The fourth-order valence-corrected chi connectivity index (χ4v) is 1.50. The summed E-state index contributed by atoms with van der Waals surface area (Å²) in [6.45, 7) is 6.69. The molecule has 0 aromatic heterocycles. The van der Waals surface area contributed by atoms with Gasteiger partial charge < -0.3 is 10.1 Å². The van der Waals surface area contributed by atoms with Crippen molar-refractivity contribution in [2.75, 3.05) is 19.7 Å². The van der Waals surface area contributed by atoms with Gasteiger partial charge >= 0.3 is 0 Å².